The number of unbranched alkanes of at least 4 members (excludes halogenated alkanes) is 2. The van der Waals surface area contributed by atoms with Crippen molar-refractivity contribution in [2.45, 2.75) is 31.1 Å². The van der Waals surface area contributed by atoms with Gasteiger partial charge in [-0.05, 0) is 18.6 Å². The van der Waals surface area contributed by atoms with Gasteiger partial charge in [-0.25, -0.2) is 0 Å². The molecule has 126 valence electrons. The second-order valence-corrected chi connectivity index (χ2v) is 5.81. The number of ether oxygens (including phenoxy) is 1. The summed E-state index contributed by atoms with van der Waals surface area (Å²) in [6.45, 7) is 2.37. The zero-order valence-corrected chi connectivity index (χ0v) is 13.8. The second kappa shape index (κ2) is 10.6. The molecule has 0 aliphatic heterocycles. The third-order valence-corrected chi connectivity index (χ3v) is 3.86. The lowest BCUT2D eigenvalue weighted by Gasteiger charge is -2.06. The fourth-order valence-corrected chi connectivity index (χ4v) is 2.34. The monoisotopic (exact) mass is 340 g/mol. The topological polar surface area (TPSA) is 98.5 Å². The van der Waals surface area contributed by atoms with Gasteiger partial charge in [-0.1, -0.05) is 19.8 Å². The Kier molecular flexibility index (Phi) is 8.74. The summed E-state index contributed by atoms with van der Waals surface area (Å²) in [5, 5.41) is 13.2. The van der Waals surface area contributed by atoms with Crippen molar-refractivity contribution in [3.05, 3.63) is 34.4 Å². The first-order valence-corrected chi connectivity index (χ1v) is 8.31. The summed E-state index contributed by atoms with van der Waals surface area (Å²) in [6.07, 6.45) is 3.03. The Morgan fingerprint density at radius 2 is 1.96 bits per heavy atom. The van der Waals surface area contributed by atoms with Gasteiger partial charge >= 0.3 is 5.97 Å². The first kappa shape index (κ1) is 19.0. The van der Waals surface area contributed by atoms with Gasteiger partial charge in [0.1, 0.15) is 0 Å². The zero-order valence-electron chi connectivity index (χ0n) is 12.9. The molecule has 0 saturated carbocycles. The molecular weight excluding hydrogens is 320 g/mol. The molecule has 0 saturated heterocycles. The Balaban J connectivity index is 2.21. The molecule has 23 heavy (non-hydrogen) atoms. The van der Waals surface area contributed by atoms with Crippen LogP contribution in [0.4, 0.5) is 5.69 Å². The number of carbonyl (C=O) groups is 2. The summed E-state index contributed by atoms with van der Waals surface area (Å²) in [4.78, 5) is 33.7. The third kappa shape index (κ3) is 8.20. The maximum atomic E-state index is 11.5. The number of esters is 1. The van der Waals surface area contributed by atoms with E-state index >= 15 is 0 Å². The van der Waals surface area contributed by atoms with Crippen LogP contribution in [-0.4, -0.2) is 35.7 Å². The lowest BCUT2D eigenvalue weighted by atomic mass is 10.2. The summed E-state index contributed by atoms with van der Waals surface area (Å²) in [5.41, 5.74) is -0.00308. The van der Waals surface area contributed by atoms with Crippen LogP contribution in [0.25, 0.3) is 0 Å². The third-order valence-electron chi connectivity index (χ3n) is 2.87. The molecule has 0 bridgehead atoms. The van der Waals surface area contributed by atoms with E-state index in [4.69, 9.17) is 4.74 Å². The predicted molar refractivity (Wildman–Crippen MR) is 87.3 cm³/mol. The first-order valence-electron chi connectivity index (χ1n) is 7.32. The Labute approximate surface area is 138 Å². The number of thioether (sulfide) groups is 1. The molecule has 0 radical (unpaired) electrons. The van der Waals surface area contributed by atoms with Crippen molar-refractivity contribution in [2.75, 3.05) is 18.9 Å². The number of hydrogen-bond acceptors (Lipinski definition) is 6. The molecule has 8 heteroatoms. The van der Waals surface area contributed by atoms with Crippen molar-refractivity contribution in [2.24, 2.45) is 0 Å². The number of hydrogen-bond donors (Lipinski definition) is 1. The summed E-state index contributed by atoms with van der Waals surface area (Å²) >= 11 is 1.20. The minimum Gasteiger partial charge on any atom is -0.455 e. The highest BCUT2D eigenvalue weighted by Crippen LogP contribution is 2.21. The fraction of sp³-hybridized carbons (Fsp3) is 0.467. The summed E-state index contributed by atoms with van der Waals surface area (Å²) < 4.78 is 4.86. The van der Waals surface area contributed by atoms with E-state index in [1.165, 1.54) is 23.9 Å². The number of nitrogens with one attached hydrogen (secondary N) is 1. The van der Waals surface area contributed by atoms with Crippen LogP contribution < -0.4 is 5.32 Å². The molecule has 1 amide bonds. The number of nitro groups is 1. The number of carbonyl (C=O) groups excluding carboxylic acids is 2. The number of amides is 1. The highest BCUT2D eigenvalue weighted by Gasteiger charge is 2.09. The highest BCUT2D eigenvalue weighted by atomic mass is 32.2. The van der Waals surface area contributed by atoms with Crippen molar-refractivity contribution >= 4 is 29.3 Å². The number of benzene rings is 1. The Bertz CT molecular complexity index is 533. The van der Waals surface area contributed by atoms with Gasteiger partial charge in [0.15, 0.2) is 6.61 Å². The van der Waals surface area contributed by atoms with Crippen molar-refractivity contribution in [3.8, 4) is 0 Å². The van der Waals surface area contributed by atoms with Crippen molar-refractivity contribution in [3.63, 3.8) is 0 Å². The van der Waals surface area contributed by atoms with E-state index in [0.717, 1.165) is 24.2 Å². The average molecular weight is 340 g/mol. The van der Waals surface area contributed by atoms with Crippen LogP contribution in [-0.2, 0) is 14.3 Å². The van der Waals surface area contributed by atoms with E-state index in [0.29, 0.717) is 6.54 Å². The van der Waals surface area contributed by atoms with Crippen LogP contribution >= 0.6 is 11.8 Å². The van der Waals surface area contributed by atoms with Gasteiger partial charge in [-0.2, -0.15) is 0 Å². The van der Waals surface area contributed by atoms with Gasteiger partial charge in [-0.15, -0.1) is 11.8 Å². The molecule has 0 atom stereocenters. The average Bonchev–Trinajstić information content (AvgIpc) is 2.55. The van der Waals surface area contributed by atoms with Crippen LogP contribution in [0.5, 0.6) is 0 Å². The molecular formula is C15H20N2O5S. The van der Waals surface area contributed by atoms with Crippen LogP contribution in [0.3, 0.4) is 0 Å². The number of nitro benzene ring substituents is 1. The van der Waals surface area contributed by atoms with Gasteiger partial charge in [0.05, 0.1) is 10.7 Å². The van der Waals surface area contributed by atoms with Gasteiger partial charge in [0.2, 0.25) is 0 Å². The molecule has 0 fully saturated rings. The van der Waals surface area contributed by atoms with Crippen LogP contribution in [0.2, 0.25) is 0 Å². The first-order chi connectivity index (χ1) is 11.0. The van der Waals surface area contributed by atoms with Crippen molar-refractivity contribution < 1.29 is 19.2 Å². The van der Waals surface area contributed by atoms with Crippen LogP contribution in [0.1, 0.15) is 26.2 Å². The van der Waals surface area contributed by atoms with Gasteiger partial charge in [-0.3, -0.25) is 19.7 Å². The second-order valence-electron chi connectivity index (χ2n) is 4.76. The molecule has 1 aromatic rings. The Morgan fingerprint density at radius 1 is 1.26 bits per heavy atom. The molecule has 0 spiro atoms. The maximum Gasteiger partial charge on any atom is 0.316 e. The van der Waals surface area contributed by atoms with Crippen molar-refractivity contribution in [1.82, 2.24) is 5.32 Å². The summed E-state index contributed by atoms with van der Waals surface area (Å²) in [5.74, 6) is -0.771. The van der Waals surface area contributed by atoms with E-state index in [-0.39, 0.29) is 24.0 Å². The maximum absolute atomic E-state index is 11.5. The fourth-order valence-electron chi connectivity index (χ4n) is 1.65. The van der Waals surface area contributed by atoms with Crippen molar-refractivity contribution in [1.29, 1.82) is 0 Å². The zero-order chi connectivity index (χ0) is 17.1. The van der Waals surface area contributed by atoms with E-state index in [2.05, 4.69) is 12.2 Å². The molecule has 1 N–H and O–H groups in total. The Morgan fingerprint density at radius 3 is 2.57 bits per heavy atom. The summed E-state index contributed by atoms with van der Waals surface area (Å²) in [7, 11) is 0. The van der Waals surface area contributed by atoms with Crippen LogP contribution in [0.15, 0.2) is 29.2 Å². The van der Waals surface area contributed by atoms with Gasteiger partial charge < -0.3 is 10.1 Å². The molecule has 0 heterocycles. The molecule has 0 aliphatic carbocycles. The normalized spacial score (nSPS) is 10.1. The van der Waals surface area contributed by atoms with E-state index < -0.39 is 10.9 Å². The molecule has 0 aliphatic rings. The van der Waals surface area contributed by atoms with Crippen LogP contribution in [0, 0.1) is 10.1 Å². The van der Waals surface area contributed by atoms with Gasteiger partial charge in [0.25, 0.3) is 11.6 Å². The standard InChI is InChI=1S/C15H20N2O5S/c1-2-3-4-9-16-14(18)10-22-15(19)11-23-13-7-5-12(6-8-13)17(20)21/h5-8H,2-4,9-11H2,1H3,(H,16,18). The molecule has 1 aromatic carbocycles. The number of non-ortho nitro benzene ring substituents is 1. The molecule has 1 rings (SSSR count). The predicted octanol–water partition coefficient (Wildman–Crippen LogP) is 2.54. The number of nitrogens with zero attached hydrogens (tertiary/aromatic N) is 1. The minimum absolute atomic E-state index is 0.00308. The quantitative estimate of drug-likeness (QED) is 0.231. The lowest BCUT2D eigenvalue weighted by Crippen LogP contribution is -2.29. The minimum atomic E-state index is -0.503. The molecule has 0 aromatic heterocycles. The Hall–Kier alpha value is -2.09. The lowest BCUT2D eigenvalue weighted by molar-refractivity contribution is -0.384. The molecule has 7 nitrogen and oxygen atoms in total. The van der Waals surface area contributed by atoms with E-state index in [1.54, 1.807) is 12.1 Å². The largest absolute Gasteiger partial charge is 0.455 e. The smallest absolute Gasteiger partial charge is 0.316 e. The number of rotatable bonds is 10. The molecule has 0 unspecified atom stereocenters. The summed E-state index contributed by atoms with van der Waals surface area (Å²) in [6, 6.07) is 5.88. The SMILES string of the molecule is CCCCCNC(=O)COC(=O)CSc1ccc([N+](=O)[O-])cc1. The van der Waals surface area contributed by atoms with E-state index in [9.17, 15) is 19.7 Å². The van der Waals surface area contributed by atoms with Gasteiger partial charge in [0, 0.05) is 23.6 Å². The highest BCUT2D eigenvalue weighted by molar-refractivity contribution is 8.00. The van der Waals surface area contributed by atoms with E-state index in [1.807, 2.05) is 0 Å².